The highest BCUT2D eigenvalue weighted by Gasteiger charge is 2.24. The average molecular weight is 379 g/mol. The number of anilines is 2. The summed E-state index contributed by atoms with van der Waals surface area (Å²) in [6, 6.07) is 10.2. The van der Waals surface area contributed by atoms with Gasteiger partial charge in [-0.1, -0.05) is 24.3 Å². The predicted octanol–water partition coefficient (Wildman–Crippen LogP) is 1.97. The standard InChI is InChI=1S/C21H25N5O2/c1-14-4-2-3-5-17(14)15-6-8-26(13-15)9-7-22-21(28)16-10-18-20(23-11-16)24-12-19(27)25-18/h2-5,10-11,15H,6-9,12-13H2,1H3,(H,22,28)(H,23,24)(H,25,27). The average Bonchev–Trinajstić information content (AvgIpc) is 3.16. The summed E-state index contributed by atoms with van der Waals surface area (Å²) in [6.45, 7) is 5.85. The van der Waals surface area contributed by atoms with E-state index in [0.717, 1.165) is 26.1 Å². The van der Waals surface area contributed by atoms with E-state index in [-0.39, 0.29) is 18.4 Å². The number of carbonyl (C=O) groups excluding carboxylic acids is 2. The molecule has 1 aromatic carbocycles. The fourth-order valence-corrected chi connectivity index (χ4v) is 3.95. The van der Waals surface area contributed by atoms with Crippen molar-refractivity contribution in [2.24, 2.45) is 0 Å². The molecule has 0 radical (unpaired) electrons. The molecule has 3 heterocycles. The summed E-state index contributed by atoms with van der Waals surface area (Å²) in [5, 5.41) is 8.60. The van der Waals surface area contributed by atoms with Crippen LogP contribution < -0.4 is 16.0 Å². The summed E-state index contributed by atoms with van der Waals surface area (Å²) in [6.07, 6.45) is 2.68. The smallest absolute Gasteiger partial charge is 0.252 e. The monoisotopic (exact) mass is 379 g/mol. The molecule has 1 aromatic heterocycles. The van der Waals surface area contributed by atoms with E-state index in [1.807, 2.05) is 0 Å². The second-order valence-electron chi connectivity index (χ2n) is 7.42. The van der Waals surface area contributed by atoms with E-state index in [0.29, 0.717) is 29.5 Å². The number of carbonyl (C=O) groups is 2. The van der Waals surface area contributed by atoms with Crippen molar-refractivity contribution >= 4 is 23.3 Å². The van der Waals surface area contributed by atoms with E-state index >= 15 is 0 Å². The number of hydrogen-bond donors (Lipinski definition) is 3. The van der Waals surface area contributed by atoms with Gasteiger partial charge in [-0.3, -0.25) is 9.59 Å². The summed E-state index contributed by atoms with van der Waals surface area (Å²) in [5.74, 6) is 0.849. The van der Waals surface area contributed by atoms with Crippen LogP contribution in [0.4, 0.5) is 11.5 Å². The van der Waals surface area contributed by atoms with Gasteiger partial charge in [0.1, 0.15) is 5.82 Å². The van der Waals surface area contributed by atoms with Crippen LogP contribution in [-0.2, 0) is 4.79 Å². The van der Waals surface area contributed by atoms with Crippen molar-refractivity contribution in [2.45, 2.75) is 19.3 Å². The Morgan fingerprint density at radius 3 is 3.07 bits per heavy atom. The molecule has 0 aliphatic carbocycles. The molecule has 3 N–H and O–H groups in total. The zero-order valence-electron chi connectivity index (χ0n) is 16.0. The van der Waals surface area contributed by atoms with E-state index < -0.39 is 0 Å². The lowest BCUT2D eigenvalue weighted by Gasteiger charge is -2.19. The first kappa shape index (κ1) is 18.4. The third-order valence-corrected chi connectivity index (χ3v) is 5.45. The van der Waals surface area contributed by atoms with Crippen LogP contribution in [0.2, 0.25) is 0 Å². The van der Waals surface area contributed by atoms with Gasteiger partial charge in [0.2, 0.25) is 5.91 Å². The molecule has 1 saturated heterocycles. The zero-order valence-corrected chi connectivity index (χ0v) is 16.0. The van der Waals surface area contributed by atoms with Gasteiger partial charge in [0.25, 0.3) is 5.91 Å². The Bertz CT molecular complexity index is 898. The topological polar surface area (TPSA) is 86.4 Å². The van der Waals surface area contributed by atoms with E-state index in [2.05, 4.69) is 57.0 Å². The molecule has 2 aliphatic heterocycles. The summed E-state index contributed by atoms with van der Waals surface area (Å²) >= 11 is 0. The molecule has 0 saturated carbocycles. The Labute approximate surface area is 164 Å². The number of aromatic nitrogens is 1. The van der Waals surface area contributed by atoms with Crippen LogP contribution in [0.3, 0.4) is 0 Å². The highest BCUT2D eigenvalue weighted by molar-refractivity contribution is 6.02. The van der Waals surface area contributed by atoms with Gasteiger partial charge in [-0.25, -0.2) is 4.98 Å². The van der Waals surface area contributed by atoms with Gasteiger partial charge < -0.3 is 20.9 Å². The maximum Gasteiger partial charge on any atom is 0.252 e. The second-order valence-corrected chi connectivity index (χ2v) is 7.42. The van der Waals surface area contributed by atoms with Gasteiger partial charge in [0, 0.05) is 25.8 Å². The normalized spacial score (nSPS) is 18.9. The van der Waals surface area contributed by atoms with Gasteiger partial charge in [-0.2, -0.15) is 0 Å². The summed E-state index contributed by atoms with van der Waals surface area (Å²) in [5.41, 5.74) is 3.78. The Morgan fingerprint density at radius 1 is 1.36 bits per heavy atom. The SMILES string of the molecule is Cc1ccccc1C1CCN(CCNC(=O)c2cnc3c(c2)NC(=O)CN3)C1. The van der Waals surface area contributed by atoms with Crippen molar-refractivity contribution < 1.29 is 9.59 Å². The minimum absolute atomic E-state index is 0.135. The first-order valence-electron chi connectivity index (χ1n) is 9.70. The lowest BCUT2D eigenvalue weighted by atomic mass is 9.94. The van der Waals surface area contributed by atoms with Crippen molar-refractivity contribution in [1.82, 2.24) is 15.2 Å². The van der Waals surface area contributed by atoms with Gasteiger partial charge in [-0.15, -0.1) is 0 Å². The fraction of sp³-hybridized carbons (Fsp3) is 0.381. The number of nitrogens with one attached hydrogen (secondary N) is 3. The van der Waals surface area contributed by atoms with Crippen LogP contribution in [0, 0.1) is 6.92 Å². The third-order valence-electron chi connectivity index (χ3n) is 5.45. The highest BCUT2D eigenvalue weighted by atomic mass is 16.2. The molecule has 28 heavy (non-hydrogen) atoms. The lowest BCUT2D eigenvalue weighted by Crippen LogP contribution is -2.34. The van der Waals surface area contributed by atoms with Crippen molar-refractivity contribution in [3.05, 3.63) is 53.2 Å². The molecule has 2 amide bonds. The number of rotatable bonds is 5. The van der Waals surface area contributed by atoms with Crippen molar-refractivity contribution in [3.8, 4) is 0 Å². The summed E-state index contributed by atoms with van der Waals surface area (Å²) < 4.78 is 0. The van der Waals surface area contributed by atoms with Crippen molar-refractivity contribution in [2.75, 3.05) is 43.4 Å². The number of nitrogens with zero attached hydrogens (tertiary/aromatic N) is 2. The van der Waals surface area contributed by atoms with E-state index in [9.17, 15) is 9.59 Å². The minimum atomic E-state index is -0.176. The minimum Gasteiger partial charge on any atom is -0.359 e. The van der Waals surface area contributed by atoms with Crippen LogP contribution in [0.5, 0.6) is 0 Å². The van der Waals surface area contributed by atoms with E-state index in [1.165, 1.54) is 17.3 Å². The molecular weight excluding hydrogens is 354 g/mol. The second kappa shape index (κ2) is 7.98. The van der Waals surface area contributed by atoms with Gasteiger partial charge in [0.05, 0.1) is 17.8 Å². The number of amides is 2. The van der Waals surface area contributed by atoms with Gasteiger partial charge in [0.15, 0.2) is 0 Å². The number of likely N-dealkylation sites (tertiary alicyclic amines) is 1. The first-order chi connectivity index (χ1) is 13.6. The highest BCUT2D eigenvalue weighted by Crippen LogP contribution is 2.29. The van der Waals surface area contributed by atoms with Crippen LogP contribution in [0.15, 0.2) is 36.5 Å². The predicted molar refractivity (Wildman–Crippen MR) is 109 cm³/mol. The number of hydrogen-bond acceptors (Lipinski definition) is 5. The summed E-state index contributed by atoms with van der Waals surface area (Å²) in [7, 11) is 0. The fourth-order valence-electron chi connectivity index (χ4n) is 3.95. The quantitative estimate of drug-likeness (QED) is 0.740. The van der Waals surface area contributed by atoms with Crippen LogP contribution in [0.1, 0.15) is 33.8 Å². The van der Waals surface area contributed by atoms with Crippen molar-refractivity contribution in [1.29, 1.82) is 0 Å². The Hall–Kier alpha value is -2.93. The number of fused-ring (bicyclic) bond motifs is 1. The molecule has 2 aromatic rings. The molecule has 7 nitrogen and oxygen atoms in total. The van der Waals surface area contributed by atoms with Gasteiger partial charge >= 0.3 is 0 Å². The number of benzene rings is 1. The van der Waals surface area contributed by atoms with E-state index in [4.69, 9.17) is 0 Å². The van der Waals surface area contributed by atoms with Crippen LogP contribution in [-0.4, -0.2) is 54.4 Å². The van der Waals surface area contributed by atoms with Gasteiger partial charge in [-0.05, 0) is 43.0 Å². The molecule has 1 atom stereocenters. The summed E-state index contributed by atoms with van der Waals surface area (Å²) in [4.78, 5) is 30.5. The molecular formula is C21H25N5O2. The third kappa shape index (κ3) is 3.99. The number of aryl methyl sites for hydroxylation is 1. The van der Waals surface area contributed by atoms with E-state index in [1.54, 1.807) is 6.07 Å². The zero-order chi connectivity index (χ0) is 19.5. The molecule has 7 heteroatoms. The number of pyridine rings is 1. The molecule has 146 valence electrons. The molecule has 0 spiro atoms. The Kier molecular flexibility index (Phi) is 5.25. The van der Waals surface area contributed by atoms with Crippen LogP contribution in [0.25, 0.3) is 0 Å². The molecule has 2 aliphatic rings. The maximum absolute atomic E-state index is 12.4. The lowest BCUT2D eigenvalue weighted by molar-refractivity contribution is -0.114. The molecule has 4 rings (SSSR count). The first-order valence-corrected chi connectivity index (χ1v) is 9.70. The van der Waals surface area contributed by atoms with Crippen LogP contribution >= 0.6 is 0 Å². The molecule has 1 fully saturated rings. The Balaban J connectivity index is 1.28. The molecule has 1 unspecified atom stereocenters. The van der Waals surface area contributed by atoms with Crippen molar-refractivity contribution in [3.63, 3.8) is 0 Å². The Morgan fingerprint density at radius 2 is 2.21 bits per heavy atom. The largest absolute Gasteiger partial charge is 0.359 e. The maximum atomic E-state index is 12.4. The molecule has 0 bridgehead atoms.